The maximum Gasteiger partial charge on any atom is 0.154 e. The van der Waals surface area contributed by atoms with Crippen LogP contribution >= 0.6 is 0 Å². The normalized spacial score (nSPS) is 11.6. The Kier molecular flexibility index (Phi) is 4.23. The number of sulfone groups is 1. The van der Waals surface area contributed by atoms with E-state index in [2.05, 4.69) is 0 Å². The minimum Gasteiger partial charge on any atom is -0.396 e. The molecule has 0 bridgehead atoms. The van der Waals surface area contributed by atoms with Gasteiger partial charge in [0.25, 0.3) is 0 Å². The van der Waals surface area contributed by atoms with Crippen molar-refractivity contribution in [1.29, 1.82) is 0 Å². The Balaban J connectivity index is 2.69. The molecule has 0 saturated heterocycles. The zero-order chi connectivity index (χ0) is 11.3. The molecule has 3 nitrogen and oxygen atoms in total. The van der Waals surface area contributed by atoms with E-state index in [0.717, 1.165) is 0 Å². The Morgan fingerprint density at radius 2 is 2.07 bits per heavy atom. The summed E-state index contributed by atoms with van der Waals surface area (Å²) in [5, 5.41) is 8.52. The van der Waals surface area contributed by atoms with E-state index in [-0.39, 0.29) is 24.5 Å². The Morgan fingerprint density at radius 3 is 2.67 bits per heavy atom. The lowest BCUT2D eigenvalue weighted by Crippen LogP contribution is -2.10. The molecule has 0 aliphatic rings. The van der Waals surface area contributed by atoms with Crippen molar-refractivity contribution in [2.45, 2.75) is 12.2 Å². The lowest BCUT2D eigenvalue weighted by atomic mass is 10.2. The van der Waals surface area contributed by atoms with Crippen LogP contribution in [0, 0.1) is 5.82 Å². The molecule has 15 heavy (non-hydrogen) atoms. The molecule has 0 amide bonds. The number of hydrogen-bond donors (Lipinski definition) is 1. The second-order valence-corrected chi connectivity index (χ2v) is 5.48. The molecule has 84 valence electrons. The predicted octanol–water partition coefficient (Wildman–Crippen LogP) is 1.12. The highest BCUT2D eigenvalue weighted by Gasteiger charge is 2.11. The third-order valence-electron chi connectivity index (χ3n) is 1.89. The minimum atomic E-state index is -3.24. The summed E-state index contributed by atoms with van der Waals surface area (Å²) in [6, 6.07) is 5.52. The summed E-state index contributed by atoms with van der Waals surface area (Å²) in [6.45, 7) is -0.150. The quantitative estimate of drug-likeness (QED) is 0.827. The van der Waals surface area contributed by atoms with Crippen LogP contribution in [0.25, 0.3) is 0 Å². The fourth-order valence-corrected chi connectivity index (χ4v) is 2.64. The van der Waals surface area contributed by atoms with Crippen LogP contribution in [0.5, 0.6) is 0 Å². The van der Waals surface area contributed by atoms with Gasteiger partial charge in [-0.05, 0) is 24.1 Å². The van der Waals surface area contributed by atoms with E-state index in [1.54, 1.807) is 6.07 Å². The topological polar surface area (TPSA) is 54.4 Å². The molecule has 0 aromatic heterocycles. The Bertz CT molecular complexity index is 414. The first-order chi connectivity index (χ1) is 7.03. The van der Waals surface area contributed by atoms with Gasteiger partial charge in [-0.1, -0.05) is 12.1 Å². The average molecular weight is 232 g/mol. The van der Waals surface area contributed by atoms with Gasteiger partial charge in [-0.3, -0.25) is 0 Å². The van der Waals surface area contributed by atoms with Crippen molar-refractivity contribution in [3.63, 3.8) is 0 Å². The smallest absolute Gasteiger partial charge is 0.154 e. The Morgan fingerprint density at radius 1 is 1.33 bits per heavy atom. The summed E-state index contributed by atoms with van der Waals surface area (Å²) >= 11 is 0. The maximum atomic E-state index is 12.8. The van der Waals surface area contributed by atoms with Gasteiger partial charge in [0.15, 0.2) is 9.84 Å². The molecule has 0 aliphatic heterocycles. The summed E-state index contributed by atoms with van der Waals surface area (Å²) in [6.07, 6.45) is 0.220. The van der Waals surface area contributed by atoms with Crippen molar-refractivity contribution < 1.29 is 17.9 Å². The monoisotopic (exact) mass is 232 g/mol. The van der Waals surface area contributed by atoms with E-state index in [1.807, 2.05) is 0 Å². The van der Waals surface area contributed by atoms with Crippen molar-refractivity contribution in [2.75, 3.05) is 12.4 Å². The molecule has 0 radical (unpaired) electrons. The number of aliphatic hydroxyl groups is 1. The molecular weight excluding hydrogens is 219 g/mol. The van der Waals surface area contributed by atoms with Crippen LogP contribution in [0.3, 0.4) is 0 Å². The SMILES string of the molecule is O=S(=O)(CCCO)Cc1cccc(F)c1. The molecule has 5 heteroatoms. The molecule has 1 N–H and O–H groups in total. The van der Waals surface area contributed by atoms with Crippen LogP contribution in [0.2, 0.25) is 0 Å². The number of halogens is 1. The standard InChI is InChI=1S/C10H13FO3S/c11-10-4-1-3-9(7-10)8-15(13,14)6-2-5-12/h1,3-4,7,12H,2,5-6,8H2. The summed E-state index contributed by atoms with van der Waals surface area (Å²) in [7, 11) is -3.24. The van der Waals surface area contributed by atoms with E-state index < -0.39 is 15.7 Å². The van der Waals surface area contributed by atoms with Crippen LogP contribution in [-0.2, 0) is 15.6 Å². The van der Waals surface area contributed by atoms with Crippen molar-refractivity contribution in [2.24, 2.45) is 0 Å². The molecule has 0 fully saturated rings. The van der Waals surface area contributed by atoms with E-state index in [4.69, 9.17) is 5.11 Å². The second kappa shape index (κ2) is 5.23. The zero-order valence-electron chi connectivity index (χ0n) is 8.19. The van der Waals surface area contributed by atoms with E-state index in [1.165, 1.54) is 18.2 Å². The lowest BCUT2D eigenvalue weighted by molar-refractivity contribution is 0.295. The average Bonchev–Trinajstić information content (AvgIpc) is 2.14. The first kappa shape index (κ1) is 12.1. The third-order valence-corrected chi connectivity index (χ3v) is 3.57. The summed E-state index contributed by atoms with van der Waals surface area (Å²) < 4.78 is 35.6. The van der Waals surface area contributed by atoms with Crippen molar-refractivity contribution >= 4 is 9.84 Å². The molecule has 0 atom stereocenters. The molecule has 0 unspecified atom stereocenters. The van der Waals surface area contributed by atoms with Gasteiger partial charge in [-0.25, -0.2) is 12.8 Å². The van der Waals surface area contributed by atoms with Gasteiger partial charge in [0.2, 0.25) is 0 Å². The van der Waals surface area contributed by atoms with Crippen LogP contribution in [0.4, 0.5) is 4.39 Å². The first-order valence-corrected chi connectivity index (χ1v) is 6.41. The van der Waals surface area contributed by atoms with E-state index >= 15 is 0 Å². The van der Waals surface area contributed by atoms with Crippen LogP contribution in [0.15, 0.2) is 24.3 Å². The maximum absolute atomic E-state index is 12.8. The molecule has 0 heterocycles. The molecule has 1 aromatic carbocycles. The number of aliphatic hydroxyl groups excluding tert-OH is 1. The Labute approximate surface area is 88.5 Å². The lowest BCUT2D eigenvalue weighted by Gasteiger charge is -2.03. The molecule has 1 rings (SSSR count). The fourth-order valence-electron chi connectivity index (χ4n) is 1.24. The number of hydrogen-bond acceptors (Lipinski definition) is 3. The highest BCUT2D eigenvalue weighted by Crippen LogP contribution is 2.09. The second-order valence-electron chi connectivity index (χ2n) is 3.30. The number of benzene rings is 1. The van der Waals surface area contributed by atoms with Crippen LogP contribution < -0.4 is 0 Å². The van der Waals surface area contributed by atoms with E-state index in [0.29, 0.717) is 5.56 Å². The largest absolute Gasteiger partial charge is 0.396 e. The number of rotatable bonds is 5. The zero-order valence-corrected chi connectivity index (χ0v) is 9.00. The van der Waals surface area contributed by atoms with Gasteiger partial charge in [-0.2, -0.15) is 0 Å². The van der Waals surface area contributed by atoms with Crippen molar-refractivity contribution in [1.82, 2.24) is 0 Å². The molecule has 0 spiro atoms. The van der Waals surface area contributed by atoms with Crippen LogP contribution in [0.1, 0.15) is 12.0 Å². The summed E-state index contributed by atoms with van der Waals surface area (Å²) in [5.74, 6) is -0.685. The summed E-state index contributed by atoms with van der Waals surface area (Å²) in [4.78, 5) is 0. The van der Waals surface area contributed by atoms with Gasteiger partial charge in [0.05, 0.1) is 11.5 Å². The van der Waals surface area contributed by atoms with Gasteiger partial charge in [-0.15, -0.1) is 0 Å². The molecular formula is C10H13FO3S. The van der Waals surface area contributed by atoms with Crippen molar-refractivity contribution in [3.8, 4) is 0 Å². The van der Waals surface area contributed by atoms with Crippen molar-refractivity contribution in [3.05, 3.63) is 35.6 Å². The predicted molar refractivity (Wildman–Crippen MR) is 55.6 cm³/mol. The summed E-state index contributed by atoms with van der Waals surface area (Å²) in [5.41, 5.74) is 0.438. The minimum absolute atomic E-state index is 0.0694. The van der Waals surface area contributed by atoms with Gasteiger partial charge in [0, 0.05) is 6.61 Å². The highest BCUT2D eigenvalue weighted by atomic mass is 32.2. The molecule has 0 aliphatic carbocycles. The third kappa shape index (κ3) is 4.40. The fraction of sp³-hybridized carbons (Fsp3) is 0.400. The van der Waals surface area contributed by atoms with Crippen LogP contribution in [-0.4, -0.2) is 25.9 Å². The molecule has 1 aromatic rings. The highest BCUT2D eigenvalue weighted by molar-refractivity contribution is 7.90. The van der Waals surface area contributed by atoms with Gasteiger partial charge >= 0.3 is 0 Å². The first-order valence-electron chi connectivity index (χ1n) is 4.59. The van der Waals surface area contributed by atoms with Gasteiger partial charge < -0.3 is 5.11 Å². The Hall–Kier alpha value is -0.940. The van der Waals surface area contributed by atoms with E-state index in [9.17, 15) is 12.8 Å². The molecule has 0 saturated carbocycles. The van der Waals surface area contributed by atoms with Gasteiger partial charge in [0.1, 0.15) is 5.82 Å².